The lowest BCUT2D eigenvalue weighted by Gasteiger charge is -2.31. The van der Waals surface area contributed by atoms with E-state index in [2.05, 4.69) is 5.32 Å². The first-order valence-electron chi connectivity index (χ1n) is 12.6. The highest BCUT2D eigenvalue weighted by Crippen LogP contribution is 2.47. The van der Waals surface area contributed by atoms with Crippen LogP contribution in [0.25, 0.3) is 22.3 Å². The van der Waals surface area contributed by atoms with Crippen LogP contribution in [0, 0.1) is 5.82 Å². The van der Waals surface area contributed by atoms with Crippen molar-refractivity contribution in [1.29, 1.82) is 0 Å². The van der Waals surface area contributed by atoms with Crippen LogP contribution in [-0.4, -0.2) is 37.2 Å². The zero-order valence-corrected chi connectivity index (χ0v) is 21.1. The summed E-state index contributed by atoms with van der Waals surface area (Å²) in [5.74, 6) is -1.91. The van der Waals surface area contributed by atoms with Gasteiger partial charge in [-0.3, -0.25) is 9.59 Å². The number of aromatic nitrogens is 2. The number of nitrogens with one attached hydrogen (secondary N) is 1. The van der Waals surface area contributed by atoms with Crippen LogP contribution in [0.5, 0.6) is 0 Å². The van der Waals surface area contributed by atoms with E-state index in [4.69, 9.17) is 21.3 Å². The van der Waals surface area contributed by atoms with Crippen LogP contribution in [0.1, 0.15) is 66.5 Å². The van der Waals surface area contributed by atoms with Crippen molar-refractivity contribution in [3.8, 4) is 11.4 Å². The second kappa shape index (κ2) is 7.62. The fourth-order valence-corrected chi connectivity index (χ4v) is 6.38. The summed E-state index contributed by atoms with van der Waals surface area (Å²) in [6, 6.07) is 2.31. The predicted molar refractivity (Wildman–Crippen MR) is 133 cm³/mol. The number of aryl methyl sites for hydroxylation is 1. The van der Waals surface area contributed by atoms with E-state index < -0.39 is 40.5 Å². The molecule has 0 radical (unpaired) electrons. The Kier molecular flexibility index (Phi) is 4.76. The van der Waals surface area contributed by atoms with Gasteiger partial charge in [-0.2, -0.15) is 0 Å². The predicted octanol–water partition coefficient (Wildman–Crippen LogP) is 2.50. The third-order valence-corrected chi connectivity index (χ3v) is 8.90. The first kappa shape index (κ1) is 23.8. The van der Waals surface area contributed by atoms with Gasteiger partial charge in [-0.15, -0.1) is 0 Å². The minimum Gasteiger partial charge on any atom is -0.458 e. The summed E-state index contributed by atoms with van der Waals surface area (Å²) in [6.45, 7) is 1.50. The Morgan fingerprint density at radius 3 is 2.74 bits per heavy atom. The first-order chi connectivity index (χ1) is 18.1. The van der Waals surface area contributed by atoms with Crippen LogP contribution in [0.2, 0.25) is 5.02 Å². The Labute approximate surface area is 220 Å². The van der Waals surface area contributed by atoms with Crippen molar-refractivity contribution < 1.29 is 28.9 Å². The van der Waals surface area contributed by atoms with Gasteiger partial charge in [0.2, 0.25) is 0 Å². The maximum absolute atomic E-state index is 14.8. The molecule has 4 heterocycles. The van der Waals surface area contributed by atoms with Crippen LogP contribution < -0.4 is 10.9 Å². The molecule has 1 fully saturated rings. The third-order valence-electron chi connectivity index (χ3n) is 8.49. The number of carbonyl (C=O) groups is 2. The SMILES string of the molecule is CC[C@@]1(O)C(=O)OCc2c1cc1n(c2=O)Cc2c-1nc1cc(F)c(Cl)c3c1c2[C@H](NC(=O)C1(O)CC1)CC3. The molecule has 11 heteroatoms. The van der Waals surface area contributed by atoms with Crippen molar-refractivity contribution in [2.24, 2.45) is 0 Å². The number of carbonyl (C=O) groups excluding carboxylic acids is 2. The second-order valence-electron chi connectivity index (χ2n) is 10.6. The highest BCUT2D eigenvalue weighted by molar-refractivity contribution is 6.32. The van der Waals surface area contributed by atoms with Crippen LogP contribution >= 0.6 is 11.6 Å². The van der Waals surface area contributed by atoms with Crippen molar-refractivity contribution in [1.82, 2.24) is 14.9 Å². The van der Waals surface area contributed by atoms with Gasteiger partial charge in [-0.25, -0.2) is 14.2 Å². The molecule has 2 aromatic heterocycles. The van der Waals surface area contributed by atoms with E-state index in [0.717, 1.165) is 0 Å². The van der Waals surface area contributed by atoms with Crippen molar-refractivity contribution in [3.05, 3.63) is 61.1 Å². The number of nitrogens with zero attached hydrogens (tertiary/aromatic N) is 2. The second-order valence-corrected chi connectivity index (χ2v) is 11.0. The largest absolute Gasteiger partial charge is 0.458 e. The summed E-state index contributed by atoms with van der Waals surface area (Å²) < 4.78 is 21.5. The molecule has 2 aliphatic carbocycles. The summed E-state index contributed by atoms with van der Waals surface area (Å²) >= 11 is 6.37. The van der Waals surface area contributed by atoms with Crippen molar-refractivity contribution >= 4 is 34.4 Å². The highest BCUT2D eigenvalue weighted by Gasteiger charge is 2.49. The van der Waals surface area contributed by atoms with Crippen molar-refractivity contribution in [2.45, 2.75) is 69.4 Å². The number of fused-ring (bicyclic) bond motifs is 5. The minimum absolute atomic E-state index is 0.00193. The van der Waals surface area contributed by atoms with Gasteiger partial charge in [-0.1, -0.05) is 18.5 Å². The number of esters is 1. The van der Waals surface area contributed by atoms with E-state index in [1.807, 2.05) is 0 Å². The summed E-state index contributed by atoms with van der Waals surface area (Å²) in [7, 11) is 0. The molecule has 4 aliphatic rings. The molecule has 2 aliphatic heterocycles. The van der Waals surface area contributed by atoms with Crippen molar-refractivity contribution in [2.75, 3.05) is 0 Å². The number of ether oxygens (including phenoxy) is 1. The number of hydrogen-bond acceptors (Lipinski definition) is 7. The fraction of sp³-hybridized carbons (Fsp3) is 0.407. The van der Waals surface area contributed by atoms with Crippen LogP contribution in [0.4, 0.5) is 4.39 Å². The molecule has 2 atom stereocenters. The number of amides is 1. The summed E-state index contributed by atoms with van der Waals surface area (Å²) in [6.07, 6.45) is 1.60. The Balaban J connectivity index is 1.49. The molecule has 38 heavy (non-hydrogen) atoms. The van der Waals surface area contributed by atoms with Crippen LogP contribution in [0.3, 0.4) is 0 Å². The molecule has 0 saturated heterocycles. The number of cyclic esters (lactones) is 1. The lowest BCUT2D eigenvalue weighted by Crippen LogP contribution is -2.44. The topological polar surface area (TPSA) is 131 Å². The molecule has 3 N–H and O–H groups in total. The Morgan fingerprint density at radius 2 is 2.03 bits per heavy atom. The summed E-state index contributed by atoms with van der Waals surface area (Å²) in [4.78, 5) is 43.7. The standard InChI is InChI=1S/C27H23ClFN3O6/c1-2-27(37)14-7-18-22-12(9-32(18)23(33)13(14)10-38-25(27)35)20-16(31-24(34)26(36)5-6-26)4-3-11-19(20)17(30-22)8-15(29)21(11)28/h7-8,16,36-37H,2-6,9-10H2,1H3,(H,31,34)/t16-,27+/m1/s1. The molecule has 7 rings (SSSR count). The maximum atomic E-state index is 14.8. The van der Waals surface area contributed by atoms with Gasteiger partial charge < -0.3 is 24.8 Å². The van der Waals surface area contributed by atoms with Gasteiger partial charge in [0.1, 0.15) is 18.0 Å². The first-order valence-corrected chi connectivity index (χ1v) is 13.0. The van der Waals surface area contributed by atoms with Gasteiger partial charge in [0.15, 0.2) is 5.60 Å². The molecule has 0 spiro atoms. The zero-order valence-electron chi connectivity index (χ0n) is 20.4. The Hall–Kier alpha value is -3.34. The average Bonchev–Trinajstić information content (AvgIpc) is 3.55. The quantitative estimate of drug-likeness (QED) is 0.341. The summed E-state index contributed by atoms with van der Waals surface area (Å²) in [5.41, 5.74) is -0.344. The monoisotopic (exact) mass is 539 g/mol. The van der Waals surface area contributed by atoms with E-state index in [1.54, 1.807) is 13.0 Å². The molecule has 0 unspecified atom stereocenters. The van der Waals surface area contributed by atoms with Crippen LogP contribution in [0.15, 0.2) is 16.9 Å². The van der Waals surface area contributed by atoms with E-state index in [9.17, 15) is 29.0 Å². The van der Waals surface area contributed by atoms with E-state index in [-0.39, 0.29) is 35.7 Å². The molecule has 1 saturated carbocycles. The highest BCUT2D eigenvalue weighted by atomic mass is 35.5. The number of rotatable bonds is 3. The van der Waals surface area contributed by atoms with Gasteiger partial charge >= 0.3 is 5.97 Å². The van der Waals surface area contributed by atoms with Crippen molar-refractivity contribution in [3.63, 3.8) is 0 Å². The van der Waals surface area contributed by atoms with Crippen LogP contribution in [-0.2, 0) is 39.5 Å². The van der Waals surface area contributed by atoms with Gasteiger partial charge in [0, 0.05) is 22.6 Å². The number of halogens is 2. The minimum atomic E-state index is -1.97. The van der Waals surface area contributed by atoms with E-state index >= 15 is 0 Å². The normalized spacial score (nSPS) is 23.9. The smallest absolute Gasteiger partial charge is 0.343 e. The number of aliphatic hydroxyl groups is 2. The number of hydrogen-bond donors (Lipinski definition) is 3. The molecular weight excluding hydrogens is 517 g/mol. The fourth-order valence-electron chi connectivity index (χ4n) is 6.14. The van der Waals surface area contributed by atoms with E-state index in [0.29, 0.717) is 64.7 Å². The molecular formula is C27H23ClFN3O6. The van der Waals surface area contributed by atoms with Gasteiger partial charge in [-0.05, 0) is 49.3 Å². The Bertz CT molecular complexity index is 1700. The maximum Gasteiger partial charge on any atom is 0.343 e. The third kappa shape index (κ3) is 2.99. The summed E-state index contributed by atoms with van der Waals surface area (Å²) in [5, 5.41) is 25.1. The van der Waals surface area contributed by atoms with E-state index in [1.165, 1.54) is 10.6 Å². The molecule has 1 aromatic carbocycles. The number of benzene rings is 1. The van der Waals surface area contributed by atoms with Gasteiger partial charge in [0.05, 0.1) is 40.1 Å². The zero-order chi connectivity index (χ0) is 26.7. The molecule has 9 nitrogen and oxygen atoms in total. The number of pyridine rings is 2. The molecule has 1 amide bonds. The Morgan fingerprint density at radius 1 is 1.26 bits per heavy atom. The molecule has 196 valence electrons. The molecule has 3 aromatic rings. The lowest BCUT2D eigenvalue weighted by atomic mass is 9.83. The van der Waals surface area contributed by atoms with Gasteiger partial charge in [0.25, 0.3) is 11.5 Å². The molecule has 0 bridgehead atoms. The average molecular weight is 540 g/mol. The lowest BCUT2D eigenvalue weighted by molar-refractivity contribution is -0.172.